The largest absolute Gasteiger partial charge is 0.341 e. The van der Waals surface area contributed by atoms with Gasteiger partial charge in [0.2, 0.25) is 5.91 Å². The van der Waals surface area contributed by atoms with Crippen LogP contribution in [-0.2, 0) is 11.2 Å². The van der Waals surface area contributed by atoms with Gasteiger partial charge in [-0.05, 0) is 17.5 Å². The van der Waals surface area contributed by atoms with E-state index in [0.717, 1.165) is 12.0 Å². The summed E-state index contributed by atoms with van der Waals surface area (Å²) in [4.78, 5) is 23.7. The monoisotopic (exact) mass is 311 g/mol. The number of hydrogen-bond acceptors (Lipinski definition) is 3. The highest BCUT2D eigenvalue weighted by Crippen LogP contribution is 2.13. The van der Waals surface area contributed by atoms with Crippen molar-refractivity contribution in [3.05, 3.63) is 71.8 Å². The van der Waals surface area contributed by atoms with Crippen LogP contribution < -0.4 is 16.0 Å². The van der Waals surface area contributed by atoms with Crippen molar-refractivity contribution in [1.82, 2.24) is 16.0 Å². The van der Waals surface area contributed by atoms with E-state index < -0.39 is 12.1 Å². The van der Waals surface area contributed by atoms with Gasteiger partial charge in [0.1, 0.15) is 6.04 Å². The average Bonchev–Trinajstić information content (AvgIpc) is 2.60. The van der Waals surface area contributed by atoms with E-state index in [1.807, 2.05) is 60.7 Å². The summed E-state index contributed by atoms with van der Waals surface area (Å²) in [6.45, 7) is 0.630. The van der Waals surface area contributed by atoms with E-state index in [0.29, 0.717) is 6.54 Å². The van der Waals surface area contributed by atoms with Crippen LogP contribution in [0.15, 0.2) is 60.7 Å². The quantitative estimate of drug-likeness (QED) is 0.764. The summed E-state index contributed by atoms with van der Waals surface area (Å²) in [6, 6.07) is 18.3. The highest BCUT2D eigenvalue weighted by molar-refractivity contribution is 5.97. The second-order valence-electron chi connectivity index (χ2n) is 5.10. The standard InChI is InChI=1S/C18H21N3O2/c1-19-18(23)21-17(22)16(15-10-6-3-7-11-15)20-13-12-14-8-4-2-5-9-14/h2-11,16,20H,12-13H2,1H3,(H2,19,21,22,23)/t16-/m1/s1. The molecule has 0 aliphatic heterocycles. The molecular formula is C18H21N3O2. The number of nitrogens with one attached hydrogen (secondary N) is 3. The lowest BCUT2D eigenvalue weighted by Gasteiger charge is -2.18. The summed E-state index contributed by atoms with van der Waals surface area (Å²) in [7, 11) is 1.48. The number of imide groups is 1. The Hall–Kier alpha value is -2.66. The number of carbonyl (C=O) groups excluding carboxylic acids is 2. The Morgan fingerprint density at radius 3 is 2.17 bits per heavy atom. The first-order valence-electron chi connectivity index (χ1n) is 7.55. The van der Waals surface area contributed by atoms with Crippen molar-refractivity contribution in [2.24, 2.45) is 0 Å². The van der Waals surface area contributed by atoms with Crippen LogP contribution >= 0.6 is 0 Å². The highest BCUT2D eigenvalue weighted by Gasteiger charge is 2.21. The maximum absolute atomic E-state index is 12.3. The SMILES string of the molecule is CNC(=O)NC(=O)[C@H](NCCc1ccccc1)c1ccccc1. The van der Waals surface area contributed by atoms with E-state index in [9.17, 15) is 9.59 Å². The molecule has 0 fully saturated rings. The zero-order chi connectivity index (χ0) is 16.5. The Morgan fingerprint density at radius 1 is 0.957 bits per heavy atom. The molecule has 5 nitrogen and oxygen atoms in total. The fraction of sp³-hybridized carbons (Fsp3) is 0.222. The van der Waals surface area contributed by atoms with E-state index in [1.54, 1.807) is 0 Å². The minimum atomic E-state index is -0.572. The number of urea groups is 1. The molecular weight excluding hydrogens is 290 g/mol. The second kappa shape index (κ2) is 8.70. The van der Waals surface area contributed by atoms with Crippen molar-refractivity contribution in [2.45, 2.75) is 12.5 Å². The molecule has 23 heavy (non-hydrogen) atoms. The third-order valence-corrected chi connectivity index (χ3v) is 3.46. The van der Waals surface area contributed by atoms with Gasteiger partial charge in [-0.2, -0.15) is 0 Å². The summed E-state index contributed by atoms with van der Waals surface area (Å²) in [6.07, 6.45) is 0.803. The zero-order valence-corrected chi connectivity index (χ0v) is 13.1. The first-order valence-corrected chi connectivity index (χ1v) is 7.55. The van der Waals surface area contributed by atoms with Crippen molar-refractivity contribution in [1.29, 1.82) is 0 Å². The van der Waals surface area contributed by atoms with Crippen molar-refractivity contribution in [3.63, 3.8) is 0 Å². The topological polar surface area (TPSA) is 70.2 Å². The van der Waals surface area contributed by atoms with Crippen molar-refractivity contribution in [3.8, 4) is 0 Å². The van der Waals surface area contributed by atoms with Gasteiger partial charge in [0, 0.05) is 13.6 Å². The Kier molecular flexibility index (Phi) is 6.32. The lowest BCUT2D eigenvalue weighted by atomic mass is 10.1. The van der Waals surface area contributed by atoms with Gasteiger partial charge in [-0.25, -0.2) is 4.79 Å². The van der Waals surface area contributed by atoms with Crippen molar-refractivity contribution >= 4 is 11.9 Å². The van der Waals surface area contributed by atoms with Gasteiger partial charge in [-0.3, -0.25) is 10.1 Å². The van der Waals surface area contributed by atoms with Crippen LogP contribution in [0.4, 0.5) is 4.79 Å². The van der Waals surface area contributed by atoms with Crippen LogP contribution in [0.3, 0.4) is 0 Å². The van der Waals surface area contributed by atoms with Crippen molar-refractivity contribution in [2.75, 3.05) is 13.6 Å². The number of benzene rings is 2. The summed E-state index contributed by atoms with van der Waals surface area (Å²) >= 11 is 0. The molecule has 0 saturated heterocycles. The van der Waals surface area contributed by atoms with E-state index in [1.165, 1.54) is 12.6 Å². The van der Waals surface area contributed by atoms with Gasteiger partial charge in [-0.1, -0.05) is 60.7 Å². The number of amides is 3. The molecule has 2 aromatic rings. The third kappa shape index (κ3) is 5.23. The molecule has 0 heterocycles. The average molecular weight is 311 g/mol. The van der Waals surface area contributed by atoms with E-state index >= 15 is 0 Å². The predicted molar refractivity (Wildman–Crippen MR) is 89.9 cm³/mol. The van der Waals surface area contributed by atoms with Crippen LogP contribution in [0.1, 0.15) is 17.2 Å². The molecule has 0 radical (unpaired) electrons. The van der Waals surface area contributed by atoms with Gasteiger partial charge < -0.3 is 10.6 Å². The van der Waals surface area contributed by atoms with E-state index in [2.05, 4.69) is 16.0 Å². The van der Waals surface area contributed by atoms with Crippen LogP contribution in [0, 0.1) is 0 Å². The molecule has 1 atom stereocenters. The smallest absolute Gasteiger partial charge is 0.321 e. The maximum Gasteiger partial charge on any atom is 0.321 e. The molecule has 0 aliphatic rings. The fourth-order valence-electron chi connectivity index (χ4n) is 2.26. The summed E-state index contributed by atoms with van der Waals surface area (Å²) in [5.74, 6) is -0.372. The molecule has 3 amide bonds. The normalized spacial score (nSPS) is 11.5. The molecule has 3 N–H and O–H groups in total. The maximum atomic E-state index is 12.3. The highest BCUT2D eigenvalue weighted by atomic mass is 16.2. The Balaban J connectivity index is 2.01. The molecule has 0 saturated carbocycles. The minimum absolute atomic E-state index is 0.372. The van der Waals surface area contributed by atoms with Gasteiger partial charge in [0.25, 0.3) is 0 Å². The molecule has 0 bridgehead atoms. The van der Waals surface area contributed by atoms with Crippen LogP contribution in [0.25, 0.3) is 0 Å². The van der Waals surface area contributed by atoms with Gasteiger partial charge in [0.15, 0.2) is 0 Å². The van der Waals surface area contributed by atoms with Crippen LogP contribution in [0.2, 0.25) is 0 Å². The molecule has 0 spiro atoms. The van der Waals surface area contributed by atoms with Gasteiger partial charge >= 0.3 is 6.03 Å². The molecule has 2 aromatic carbocycles. The second-order valence-corrected chi connectivity index (χ2v) is 5.10. The van der Waals surface area contributed by atoms with E-state index in [-0.39, 0.29) is 5.91 Å². The first kappa shape index (κ1) is 16.7. The summed E-state index contributed by atoms with van der Waals surface area (Å²) in [5, 5.41) is 7.93. The Labute approximate surface area is 136 Å². The molecule has 0 unspecified atom stereocenters. The minimum Gasteiger partial charge on any atom is -0.341 e. The Bertz CT molecular complexity index is 629. The Morgan fingerprint density at radius 2 is 1.57 bits per heavy atom. The zero-order valence-electron chi connectivity index (χ0n) is 13.1. The number of carbonyl (C=O) groups is 2. The lowest BCUT2D eigenvalue weighted by Crippen LogP contribution is -2.44. The fourth-order valence-corrected chi connectivity index (χ4v) is 2.26. The molecule has 120 valence electrons. The predicted octanol–water partition coefficient (Wildman–Crippen LogP) is 2.02. The van der Waals surface area contributed by atoms with Crippen molar-refractivity contribution < 1.29 is 9.59 Å². The first-order chi connectivity index (χ1) is 11.2. The van der Waals surface area contributed by atoms with Gasteiger partial charge in [-0.15, -0.1) is 0 Å². The van der Waals surface area contributed by atoms with E-state index in [4.69, 9.17) is 0 Å². The number of hydrogen-bond donors (Lipinski definition) is 3. The van der Waals surface area contributed by atoms with Crippen LogP contribution in [0.5, 0.6) is 0 Å². The molecule has 5 heteroatoms. The number of rotatable bonds is 6. The lowest BCUT2D eigenvalue weighted by molar-refractivity contribution is -0.122. The van der Waals surface area contributed by atoms with Crippen LogP contribution in [-0.4, -0.2) is 25.5 Å². The third-order valence-electron chi connectivity index (χ3n) is 3.46. The summed E-state index contributed by atoms with van der Waals surface area (Å²) in [5.41, 5.74) is 2.01. The van der Waals surface area contributed by atoms with Gasteiger partial charge in [0.05, 0.1) is 0 Å². The molecule has 2 rings (SSSR count). The molecule has 0 aliphatic carbocycles. The molecule has 0 aromatic heterocycles. The summed E-state index contributed by atoms with van der Waals surface area (Å²) < 4.78 is 0.